The first kappa shape index (κ1) is 16.1. The van der Waals surface area contributed by atoms with Crippen molar-refractivity contribution in [2.75, 3.05) is 13.6 Å². The van der Waals surface area contributed by atoms with Crippen LogP contribution in [0.5, 0.6) is 0 Å². The zero-order valence-electron chi connectivity index (χ0n) is 13.1. The number of nitrogens with zero attached hydrogens (tertiary/aromatic N) is 2. The summed E-state index contributed by atoms with van der Waals surface area (Å²) in [5, 5.41) is 3.39. The van der Waals surface area contributed by atoms with Gasteiger partial charge in [-0.2, -0.15) is 0 Å². The van der Waals surface area contributed by atoms with Crippen LogP contribution in [0.3, 0.4) is 0 Å². The third-order valence-electron chi connectivity index (χ3n) is 3.71. The Hall–Kier alpha value is -0.930. The highest BCUT2D eigenvalue weighted by molar-refractivity contribution is 5.14. The van der Waals surface area contributed by atoms with Crippen molar-refractivity contribution in [2.45, 2.75) is 53.2 Å². The summed E-state index contributed by atoms with van der Waals surface area (Å²) in [7, 11) is 2.17. The minimum absolute atomic E-state index is 0.577. The zero-order chi connectivity index (χ0) is 14.3. The van der Waals surface area contributed by atoms with E-state index in [2.05, 4.69) is 62.1 Å². The van der Waals surface area contributed by atoms with Crippen LogP contribution in [-0.4, -0.2) is 29.5 Å². The van der Waals surface area contributed by atoms with E-state index in [4.69, 9.17) is 0 Å². The predicted molar refractivity (Wildman–Crippen MR) is 82.0 cm³/mol. The molecule has 0 aliphatic heterocycles. The first-order valence-electron chi connectivity index (χ1n) is 7.39. The fraction of sp³-hybridized carbons (Fsp3) is 0.688. The molecule has 0 radical (unpaired) electrons. The van der Waals surface area contributed by atoms with Gasteiger partial charge in [0.15, 0.2) is 0 Å². The standard InChI is InChI=1S/C16H29N3/c1-6-9-17-10-15-7-8-16(18-11-15)12-19(5)14(4)13(2)3/h7-8,11,13-14,17H,6,9-10,12H2,1-5H3. The van der Waals surface area contributed by atoms with Crippen LogP contribution < -0.4 is 5.32 Å². The van der Waals surface area contributed by atoms with Crippen molar-refractivity contribution in [2.24, 2.45) is 5.92 Å². The molecule has 3 heteroatoms. The monoisotopic (exact) mass is 263 g/mol. The fourth-order valence-corrected chi connectivity index (χ4v) is 1.97. The molecule has 19 heavy (non-hydrogen) atoms. The maximum absolute atomic E-state index is 4.56. The predicted octanol–water partition coefficient (Wildman–Crippen LogP) is 3.06. The Morgan fingerprint density at radius 1 is 1.26 bits per heavy atom. The average molecular weight is 263 g/mol. The second-order valence-electron chi connectivity index (χ2n) is 5.73. The van der Waals surface area contributed by atoms with Crippen molar-refractivity contribution in [3.8, 4) is 0 Å². The number of pyridine rings is 1. The molecule has 1 rings (SSSR count). The lowest BCUT2D eigenvalue weighted by atomic mass is 10.1. The molecule has 3 nitrogen and oxygen atoms in total. The highest BCUT2D eigenvalue weighted by Crippen LogP contribution is 2.11. The van der Waals surface area contributed by atoms with Crippen LogP contribution in [0.25, 0.3) is 0 Å². The minimum atomic E-state index is 0.577. The number of aromatic nitrogens is 1. The van der Waals surface area contributed by atoms with Crippen molar-refractivity contribution in [1.29, 1.82) is 0 Å². The molecule has 1 N–H and O–H groups in total. The van der Waals surface area contributed by atoms with E-state index in [9.17, 15) is 0 Å². The van der Waals surface area contributed by atoms with Crippen LogP contribution in [0.1, 0.15) is 45.4 Å². The minimum Gasteiger partial charge on any atom is -0.313 e. The third kappa shape index (κ3) is 5.70. The molecule has 0 aliphatic rings. The largest absolute Gasteiger partial charge is 0.313 e. The number of hydrogen-bond acceptors (Lipinski definition) is 3. The van der Waals surface area contributed by atoms with Crippen molar-refractivity contribution in [3.63, 3.8) is 0 Å². The lowest BCUT2D eigenvalue weighted by Gasteiger charge is -2.27. The Kier molecular flexibility index (Phi) is 7.03. The van der Waals surface area contributed by atoms with Gasteiger partial charge in [0.25, 0.3) is 0 Å². The molecule has 0 saturated carbocycles. The average Bonchev–Trinajstić information content (AvgIpc) is 2.40. The highest BCUT2D eigenvalue weighted by atomic mass is 15.1. The quantitative estimate of drug-likeness (QED) is 0.731. The summed E-state index contributed by atoms with van der Waals surface area (Å²) in [4.78, 5) is 6.92. The molecule has 0 aromatic carbocycles. The second kappa shape index (κ2) is 8.28. The topological polar surface area (TPSA) is 28.2 Å². The lowest BCUT2D eigenvalue weighted by molar-refractivity contribution is 0.198. The summed E-state index contributed by atoms with van der Waals surface area (Å²) in [5.74, 6) is 0.669. The SMILES string of the molecule is CCCNCc1ccc(CN(C)C(C)C(C)C)nc1. The van der Waals surface area contributed by atoms with Crippen LogP contribution in [0.2, 0.25) is 0 Å². The Labute approximate surface area is 118 Å². The first-order chi connectivity index (χ1) is 9.04. The summed E-state index contributed by atoms with van der Waals surface area (Å²) in [6, 6.07) is 4.90. The van der Waals surface area contributed by atoms with Crippen molar-refractivity contribution in [3.05, 3.63) is 29.6 Å². The molecular formula is C16H29N3. The second-order valence-corrected chi connectivity index (χ2v) is 5.73. The van der Waals surface area contributed by atoms with E-state index in [0.717, 1.165) is 25.3 Å². The number of nitrogens with one attached hydrogen (secondary N) is 1. The Morgan fingerprint density at radius 3 is 2.53 bits per heavy atom. The zero-order valence-corrected chi connectivity index (χ0v) is 13.1. The lowest BCUT2D eigenvalue weighted by Crippen LogP contribution is -2.32. The van der Waals surface area contributed by atoms with E-state index in [-0.39, 0.29) is 0 Å². The molecule has 108 valence electrons. The van der Waals surface area contributed by atoms with Gasteiger partial charge in [0.1, 0.15) is 0 Å². The normalized spacial score (nSPS) is 13.2. The molecule has 0 fully saturated rings. The van der Waals surface area contributed by atoms with E-state index >= 15 is 0 Å². The maximum Gasteiger partial charge on any atom is 0.0544 e. The van der Waals surface area contributed by atoms with Gasteiger partial charge in [0.2, 0.25) is 0 Å². The number of rotatable bonds is 8. The van der Waals surface area contributed by atoms with Gasteiger partial charge in [-0.3, -0.25) is 9.88 Å². The molecule has 1 aromatic rings. The van der Waals surface area contributed by atoms with Gasteiger partial charge in [0.05, 0.1) is 5.69 Å². The molecule has 0 saturated heterocycles. The van der Waals surface area contributed by atoms with Gasteiger partial charge in [0, 0.05) is 25.3 Å². The Morgan fingerprint density at radius 2 is 2.00 bits per heavy atom. The van der Waals surface area contributed by atoms with Gasteiger partial charge in [-0.05, 0) is 44.5 Å². The smallest absolute Gasteiger partial charge is 0.0544 e. The summed E-state index contributed by atoms with van der Waals surface area (Å²) in [6.07, 6.45) is 3.16. The van der Waals surface area contributed by atoms with Crippen LogP contribution in [0.4, 0.5) is 0 Å². The highest BCUT2D eigenvalue weighted by Gasteiger charge is 2.13. The van der Waals surface area contributed by atoms with Gasteiger partial charge < -0.3 is 5.32 Å². The van der Waals surface area contributed by atoms with Crippen LogP contribution >= 0.6 is 0 Å². The van der Waals surface area contributed by atoms with E-state index in [1.54, 1.807) is 0 Å². The molecule has 0 bridgehead atoms. The first-order valence-corrected chi connectivity index (χ1v) is 7.39. The molecular weight excluding hydrogens is 234 g/mol. The Bertz CT molecular complexity index is 346. The van der Waals surface area contributed by atoms with Crippen molar-refractivity contribution in [1.82, 2.24) is 15.2 Å². The summed E-state index contributed by atoms with van der Waals surface area (Å²) in [5.41, 5.74) is 2.41. The van der Waals surface area contributed by atoms with Gasteiger partial charge in [-0.1, -0.05) is 26.8 Å². The maximum atomic E-state index is 4.56. The molecule has 0 spiro atoms. The fourth-order valence-electron chi connectivity index (χ4n) is 1.97. The van der Waals surface area contributed by atoms with Crippen molar-refractivity contribution < 1.29 is 0 Å². The van der Waals surface area contributed by atoms with Gasteiger partial charge in [-0.25, -0.2) is 0 Å². The van der Waals surface area contributed by atoms with E-state index in [1.165, 1.54) is 12.0 Å². The van der Waals surface area contributed by atoms with Gasteiger partial charge >= 0.3 is 0 Å². The summed E-state index contributed by atoms with van der Waals surface area (Å²) < 4.78 is 0. The van der Waals surface area contributed by atoms with Crippen LogP contribution in [-0.2, 0) is 13.1 Å². The molecule has 0 amide bonds. The Balaban J connectivity index is 2.47. The van der Waals surface area contributed by atoms with E-state index in [0.29, 0.717) is 12.0 Å². The molecule has 0 aliphatic carbocycles. The van der Waals surface area contributed by atoms with Crippen LogP contribution in [0.15, 0.2) is 18.3 Å². The molecule has 1 heterocycles. The summed E-state index contributed by atoms with van der Waals surface area (Å²) >= 11 is 0. The summed E-state index contributed by atoms with van der Waals surface area (Å²) in [6.45, 7) is 11.9. The third-order valence-corrected chi connectivity index (χ3v) is 3.71. The van der Waals surface area contributed by atoms with E-state index in [1.807, 2.05) is 6.20 Å². The molecule has 1 atom stereocenters. The van der Waals surface area contributed by atoms with Crippen LogP contribution in [0, 0.1) is 5.92 Å². The number of hydrogen-bond donors (Lipinski definition) is 1. The molecule has 1 aromatic heterocycles. The van der Waals surface area contributed by atoms with E-state index < -0.39 is 0 Å². The van der Waals surface area contributed by atoms with Crippen molar-refractivity contribution >= 4 is 0 Å². The van der Waals surface area contributed by atoms with Gasteiger partial charge in [-0.15, -0.1) is 0 Å². The molecule has 1 unspecified atom stereocenters.